The Kier molecular flexibility index (Phi) is 3.10. The van der Waals surface area contributed by atoms with E-state index in [-0.39, 0.29) is 0 Å². The maximum atomic E-state index is 14.0. The molecule has 2 aliphatic rings. The maximum absolute atomic E-state index is 14.0. The van der Waals surface area contributed by atoms with Crippen molar-refractivity contribution in [3.8, 4) is 0 Å². The topological polar surface area (TPSA) is 9.23 Å². The second kappa shape index (κ2) is 3.91. The molecule has 0 bridgehead atoms. The molecule has 8 heteroatoms. The summed E-state index contributed by atoms with van der Waals surface area (Å²) >= 11 is 4.73. The maximum Gasteiger partial charge on any atom is 0.363 e. The summed E-state index contributed by atoms with van der Waals surface area (Å²) in [5.41, 5.74) is 0. The van der Waals surface area contributed by atoms with Gasteiger partial charge in [-0.05, 0) is 12.8 Å². The summed E-state index contributed by atoms with van der Waals surface area (Å²) in [5.74, 6) is -14.1. The molecule has 2 unspecified atom stereocenters. The number of rotatable bonds is 2. The molecule has 0 aromatic rings. The van der Waals surface area contributed by atoms with Gasteiger partial charge in [-0.25, -0.2) is 8.78 Å². The number of hydrogen-bond acceptors (Lipinski definition) is 1. The zero-order valence-corrected chi connectivity index (χ0v) is 9.92. The minimum Gasteiger partial charge on any atom is -0.339 e. The summed E-state index contributed by atoms with van der Waals surface area (Å²) < 4.78 is 84.3. The fourth-order valence-electron chi connectivity index (χ4n) is 2.36. The van der Waals surface area contributed by atoms with E-state index >= 15 is 0 Å². The zero-order valence-electron chi connectivity index (χ0n) is 9.17. The van der Waals surface area contributed by atoms with Crippen LogP contribution in [0.1, 0.15) is 32.1 Å². The third-order valence-electron chi connectivity index (χ3n) is 3.43. The van der Waals surface area contributed by atoms with Crippen LogP contribution in [0.2, 0.25) is 0 Å². The molecule has 2 aliphatic carbocycles. The first-order valence-corrected chi connectivity index (χ1v) is 5.91. The van der Waals surface area contributed by atoms with Crippen LogP contribution < -0.4 is 0 Å². The van der Waals surface area contributed by atoms with E-state index in [2.05, 4.69) is 4.74 Å². The average Bonchev–Trinajstić information content (AvgIpc) is 2.70. The Morgan fingerprint density at radius 3 is 1.83 bits per heavy atom. The Labute approximate surface area is 104 Å². The minimum atomic E-state index is -5.31. The van der Waals surface area contributed by atoms with Gasteiger partial charge < -0.3 is 4.74 Å². The standard InChI is InChI=1S/C10H11ClF6O/c11-9(15)8(14,18-6-3-1-2-4-6)5-7(12,13)10(9,16)17/h6H,1-5H2. The van der Waals surface area contributed by atoms with Crippen LogP contribution in [0.5, 0.6) is 0 Å². The van der Waals surface area contributed by atoms with Crippen molar-refractivity contribution in [1.82, 2.24) is 0 Å². The quantitative estimate of drug-likeness (QED) is 0.548. The Hall–Kier alpha value is -0.170. The second-order valence-electron chi connectivity index (χ2n) is 4.78. The number of alkyl halides is 7. The zero-order chi connectivity index (χ0) is 13.8. The molecular weight excluding hydrogens is 286 g/mol. The van der Waals surface area contributed by atoms with Gasteiger partial charge in [0.1, 0.15) is 0 Å². The normalized spacial score (nSPS) is 43.5. The summed E-state index contributed by atoms with van der Waals surface area (Å²) in [5, 5.41) is -4.56. The van der Waals surface area contributed by atoms with Crippen LogP contribution in [0.4, 0.5) is 26.3 Å². The van der Waals surface area contributed by atoms with Crippen molar-refractivity contribution in [2.75, 3.05) is 0 Å². The molecule has 0 spiro atoms. The lowest BCUT2D eigenvalue weighted by molar-refractivity contribution is -0.253. The lowest BCUT2D eigenvalue weighted by Gasteiger charge is -2.32. The van der Waals surface area contributed by atoms with Crippen LogP contribution >= 0.6 is 11.6 Å². The third kappa shape index (κ3) is 1.73. The van der Waals surface area contributed by atoms with Crippen molar-refractivity contribution in [1.29, 1.82) is 0 Å². The molecule has 0 radical (unpaired) electrons. The highest BCUT2D eigenvalue weighted by Crippen LogP contribution is 2.64. The molecule has 2 rings (SSSR count). The van der Waals surface area contributed by atoms with E-state index in [0.29, 0.717) is 25.7 Å². The van der Waals surface area contributed by atoms with Crippen LogP contribution in [-0.2, 0) is 4.74 Å². The van der Waals surface area contributed by atoms with Crippen molar-refractivity contribution in [2.24, 2.45) is 0 Å². The highest BCUT2D eigenvalue weighted by atomic mass is 35.5. The molecule has 106 valence electrons. The molecule has 0 aliphatic heterocycles. The summed E-state index contributed by atoms with van der Waals surface area (Å²) in [4.78, 5) is 0. The van der Waals surface area contributed by atoms with Crippen molar-refractivity contribution >= 4 is 11.6 Å². The Morgan fingerprint density at radius 1 is 0.944 bits per heavy atom. The number of hydrogen-bond donors (Lipinski definition) is 0. The van der Waals surface area contributed by atoms with E-state index in [1.54, 1.807) is 0 Å². The van der Waals surface area contributed by atoms with Crippen molar-refractivity contribution < 1.29 is 31.1 Å². The minimum absolute atomic E-state index is 0.315. The van der Waals surface area contributed by atoms with E-state index in [4.69, 9.17) is 11.6 Å². The lowest BCUT2D eigenvalue weighted by Crippen LogP contribution is -2.53. The molecule has 0 aromatic carbocycles. The van der Waals surface area contributed by atoms with Crippen molar-refractivity contribution in [3.63, 3.8) is 0 Å². The first kappa shape index (κ1) is 14.2. The van der Waals surface area contributed by atoms with Crippen molar-refractivity contribution in [2.45, 2.75) is 61.0 Å². The molecule has 1 nitrogen and oxygen atoms in total. The van der Waals surface area contributed by atoms with Crippen LogP contribution in [0.25, 0.3) is 0 Å². The van der Waals surface area contributed by atoms with Gasteiger partial charge in [-0.3, -0.25) is 0 Å². The molecule has 0 heterocycles. The van der Waals surface area contributed by atoms with Gasteiger partial charge in [0.05, 0.1) is 12.5 Å². The predicted octanol–water partition coefficient (Wildman–Crippen LogP) is 4.19. The summed E-state index contributed by atoms with van der Waals surface area (Å²) in [6, 6.07) is 0. The van der Waals surface area contributed by atoms with E-state index in [0.717, 1.165) is 0 Å². The number of ether oxygens (including phenoxy) is 1. The van der Waals surface area contributed by atoms with Crippen LogP contribution in [0.15, 0.2) is 0 Å². The monoisotopic (exact) mass is 296 g/mol. The Balaban J connectivity index is 2.27. The largest absolute Gasteiger partial charge is 0.363 e. The van der Waals surface area contributed by atoms with Gasteiger partial charge in [-0.15, -0.1) is 0 Å². The van der Waals surface area contributed by atoms with Gasteiger partial charge >= 0.3 is 17.0 Å². The molecule has 2 fully saturated rings. The first-order chi connectivity index (χ1) is 8.04. The summed E-state index contributed by atoms with van der Waals surface area (Å²) in [6.07, 6.45) is -1.01. The van der Waals surface area contributed by atoms with E-state index < -0.39 is 35.4 Å². The fraction of sp³-hybridized carbons (Fsp3) is 1.00. The van der Waals surface area contributed by atoms with E-state index in [1.165, 1.54) is 0 Å². The molecule has 0 amide bonds. The van der Waals surface area contributed by atoms with Crippen LogP contribution in [0, 0.1) is 0 Å². The SMILES string of the molecule is FC1(F)CC(F)(OC2CCCC2)C(F)(Cl)C1(F)F. The molecule has 0 aromatic heterocycles. The first-order valence-electron chi connectivity index (χ1n) is 5.54. The van der Waals surface area contributed by atoms with Gasteiger partial charge in [0.25, 0.3) is 5.85 Å². The Bertz CT molecular complexity index is 341. The lowest BCUT2D eigenvalue weighted by atomic mass is 10.2. The molecular formula is C10H11ClF6O. The number of halogens is 7. The highest BCUT2D eigenvalue weighted by Gasteiger charge is 2.86. The van der Waals surface area contributed by atoms with Gasteiger partial charge in [0, 0.05) is 0 Å². The second-order valence-corrected chi connectivity index (χ2v) is 5.30. The molecule has 2 atom stereocenters. The average molecular weight is 297 g/mol. The molecule has 0 N–H and O–H groups in total. The van der Waals surface area contributed by atoms with Crippen LogP contribution in [0.3, 0.4) is 0 Å². The summed E-state index contributed by atoms with van der Waals surface area (Å²) in [6.45, 7) is 0. The van der Waals surface area contributed by atoms with Gasteiger partial charge in [-0.1, -0.05) is 24.4 Å². The summed E-state index contributed by atoms with van der Waals surface area (Å²) in [7, 11) is 0. The predicted molar refractivity (Wildman–Crippen MR) is 51.4 cm³/mol. The molecule has 0 saturated heterocycles. The molecule has 18 heavy (non-hydrogen) atoms. The van der Waals surface area contributed by atoms with Gasteiger partial charge in [0.15, 0.2) is 0 Å². The smallest absolute Gasteiger partial charge is 0.339 e. The Morgan fingerprint density at radius 2 is 1.44 bits per heavy atom. The fourth-order valence-corrected chi connectivity index (χ4v) is 2.61. The van der Waals surface area contributed by atoms with Gasteiger partial charge in [0.2, 0.25) is 0 Å². The van der Waals surface area contributed by atoms with E-state index in [9.17, 15) is 26.3 Å². The molecule has 2 saturated carbocycles. The van der Waals surface area contributed by atoms with Crippen LogP contribution in [-0.4, -0.2) is 28.9 Å². The van der Waals surface area contributed by atoms with E-state index in [1.807, 2.05) is 0 Å². The van der Waals surface area contributed by atoms with Gasteiger partial charge in [-0.2, -0.15) is 17.6 Å². The van der Waals surface area contributed by atoms with Crippen molar-refractivity contribution in [3.05, 3.63) is 0 Å². The highest BCUT2D eigenvalue weighted by molar-refractivity contribution is 6.24. The third-order valence-corrected chi connectivity index (χ3v) is 3.95.